The third-order valence-corrected chi connectivity index (χ3v) is 6.45. The van der Waals surface area contributed by atoms with E-state index in [0.717, 1.165) is 16.9 Å². The number of nitrogens with zero attached hydrogens (tertiary/aromatic N) is 1. The van der Waals surface area contributed by atoms with Crippen LogP contribution >= 0.6 is 11.3 Å². The fourth-order valence-corrected chi connectivity index (χ4v) is 4.74. The number of carbonyl (C=O) groups excluding carboxylic acids is 2. The molecular weight excluding hydrogens is 454 g/mol. The maximum Gasteiger partial charge on any atom is 0.349 e. The number of aryl methyl sites for hydroxylation is 3. The molecule has 0 saturated carbocycles. The van der Waals surface area contributed by atoms with E-state index in [9.17, 15) is 14.4 Å². The lowest BCUT2D eigenvalue weighted by molar-refractivity contribution is -0.125. The van der Waals surface area contributed by atoms with E-state index in [1.165, 1.54) is 7.11 Å². The number of fused-ring (bicyclic) bond motifs is 1. The highest BCUT2D eigenvalue weighted by Crippen LogP contribution is 2.31. The van der Waals surface area contributed by atoms with Crippen molar-refractivity contribution in [1.29, 1.82) is 0 Å². The summed E-state index contributed by atoms with van der Waals surface area (Å²) in [7, 11) is 1.51. The highest BCUT2D eigenvalue weighted by atomic mass is 32.1. The minimum atomic E-state index is -1.23. The van der Waals surface area contributed by atoms with Crippen molar-refractivity contribution in [2.45, 2.75) is 26.9 Å². The zero-order valence-electron chi connectivity index (χ0n) is 19.1. The third-order valence-electron chi connectivity index (χ3n) is 5.28. The van der Waals surface area contributed by atoms with Crippen molar-refractivity contribution in [1.82, 2.24) is 9.97 Å². The van der Waals surface area contributed by atoms with Gasteiger partial charge in [-0.1, -0.05) is 36.4 Å². The molecule has 2 heterocycles. The van der Waals surface area contributed by atoms with E-state index in [2.05, 4.69) is 15.3 Å². The van der Waals surface area contributed by atoms with Gasteiger partial charge in [0.15, 0.2) is 0 Å². The normalized spacial score (nSPS) is 11.8. The van der Waals surface area contributed by atoms with Gasteiger partial charge in [0, 0.05) is 5.56 Å². The number of methoxy groups -OCH3 is 1. The molecule has 1 atom stereocenters. The number of H-pyrrole nitrogens is 1. The SMILES string of the molecule is COc1ccc(C)cc1NC(=O)C(OC(=O)c1sc2nc(C)[nH]c(=O)c2c1C)c1ccccc1. The molecule has 1 amide bonds. The van der Waals surface area contributed by atoms with Crippen LogP contribution < -0.4 is 15.6 Å². The zero-order valence-corrected chi connectivity index (χ0v) is 19.9. The van der Waals surface area contributed by atoms with E-state index in [1.54, 1.807) is 56.3 Å². The fourth-order valence-electron chi connectivity index (χ4n) is 3.63. The first-order chi connectivity index (χ1) is 16.3. The molecule has 2 aromatic carbocycles. The highest BCUT2D eigenvalue weighted by Gasteiger charge is 2.29. The Bertz CT molecular complexity index is 1440. The summed E-state index contributed by atoms with van der Waals surface area (Å²) < 4.78 is 11.1. The number of anilines is 1. The van der Waals surface area contributed by atoms with Crippen molar-refractivity contribution in [3.63, 3.8) is 0 Å². The monoisotopic (exact) mass is 477 g/mol. The zero-order chi connectivity index (χ0) is 24.4. The van der Waals surface area contributed by atoms with Crippen LogP contribution in [0.5, 0.6) is 5.75 Å². The van der Waals surface area contributed by atoms with Gasteiger partial charge in [-0.2, -0.15) is 0 Å². The van der Waals surface area contributed by atoms with Crippen molar-refractivity contribution in [3.05, 3.63) is 86.3 Å². The Labute approximate surface area is 199 Å². The first-order valence-electron chi connectivity index (χ1n) is 10.5. The van der Waals surface area contributed by atoms with Crippen molar-refractivity contribution in [2.75, 3.05) is 12.4 Å². The minimum Gasteiger partial charge on any atom is -0.495 e. The van der Waals surface area contributed by atoms with Crippen LogP contribution in [0.4, 0.5) is 5.69 Å². The second-order valence-corrected chi connectivity index (χ2v) is 8.78. The highest BCUT2D eigenvalue weighted by molar-refractivity contribution is 7.20. The molecule has 9 heteroatoms. The Morgan fingerprint density at radius 2 is 1.82 bits per heavy atom. The predicted octanol–water partition coefficient (Wildman–Crippen LogP) is 4.46. The molecule has 0 spiro atoms. The van der Waals surface area contributed by atoms with Gasteiger partial charge < -0.3 is 19.8 Å². The van der Waals surface area contributed by atoms with E-state index in [0.29, 0.717) is 38.6 Å². The van der Waals surface area contributed by atoms with E-state index in [4.69, 9.17) is 9.47 Å². The summed E-state index contributed by atoms with van der Waals surface area (Å²) in [6, 6.07) is 14.1. The van der Waals surface area contributed by atoms with Gasteiger partial charge in [0.05, 0.1) is 18.2 Å². The van der Waals surface area contributed by atoms with Gasteiger partial charge >= 0.3 is 5.97 Å². The maximum atomic E-state index is 13.3. The van der Waals surface area contributed by atoms with Crippen LogP contribution in [0.1, 0.15) is 38.3 Å². The molecule has 174 valence electrons. The molecule has 1 unspecified atom stereocenters. The minimum absolute atomic E-state index is 0.223. The molecule has 0 saturated heterocycles. The van der Waals surface area contributed by atoms with Gasteiger partial charge in [0.1, 0.15) is 21.3 Å². The molecule has 2 N–H and O–H groups in total. The standard InChI is InChI=1S/C25H23N3O5S/c1-13-10-11-18(32-4)17(12-13)28-23(30)20(16-8-6-5-7-9-16)33-25(31)21-14(2)19-22(29)26-15(3)27-24(19)34-21/h5-12,20H,1-4H3,(H,28,30)(H,26,27,29). The summed E-state index contributed by atoms with van der Waals surface area (Å²) in [5.41, 5.74) is 2.04. The number of ether oxygens (including phenoxy) is 2. The van der Waals surface area contributed by atoms with Gasteiger partial charge in [0.25, 0.3) is 11.5 Å². The number of nitrogens with one attached hydrogen (secondary N) is 2. The quantitative estimate of drug-likeness (QED) is 0.397. The molecule has 4 aromatic rings. The second kappa shape index (κ2) is 9.48. The van der Waals surface area contributed by atoms with Crippen LogP contribution in [0.25, 0.3) is 10.2 Å². The summed E-state index contributed by atoms with van der Waals surface area (Å²) in [5, 5.41) is 3.15. The Balaban J connectivity index is 1.69. The number of amides is 1. The number of aromatic nitrogens is 2. The third kappa shape index (κ3) is 4.55. The summed E-state index contributed by atoms with van der Waals surface area (Å²) in [4.78, 5) is 46.5. The first kappa shape index (κ1) is 23.2. The molecule has 0 aliphatic carbocycles. The topological polar surface area (TPSA) is 110 Å². The Kier molecular flexibility index (Phi) is 6.47. The number of carbonyl (C=O) groups is 2. The number of hydrogen-bond acceptors (Lipinski definition) is 7. The van der Waals surface area contributed by atoms with E-state index in [-0.39, 0.29) is 10.4 Å². The summed E-state index contributed by atoms with van der Waals surface area (Å²) in [5.74, 6) is -0.308. The van der Waals surface area contributed by atoms with E-state index in [1.807, 2.05) is 13.0 Å². The summed E-state index contributed by atoms with van der Waals surface area (Å²) in [6.45, 7) is 5.23. The molecule has 34 heavy (non-hydrogen) atoms. The number of rotatable bonds is 6. The lowest BCUT2D eigenvalue weighted by atomic mass is 10.1. The lowest BCUT2D eigenvalue weighted by Gasteiger charge is -2.19. The van der Waals surface area contributed by atoms with Crippen LogP contribution in [0.15, 0.2) is 53.3 Å². The molecular formula is C25H23N3O5S. The van der Waals surface area contributed by atoms with Gasteiger partial charge in [-0.05, 0) is 44.0 Å². The number of benzene rings is 2. The van der Waals surface area contributed by atoms with E-state index < -0.39 is 18.0 Å². The van der Waals surface area contributed by atoms with Crippen molar-refractivity contribution in [2.24, 2.45) is 0 Å². The number of hydrogen-bond donors (Lipinski definition) is 2. The molecule has 2 aromatic heterocycles. The Hall–Kier alpha value is -3.98. The molecule has 0 radical (unpaired) electrons. The molecule has 0 aliphatic rings. The molecule has 0 bridgehead atoms. The van der Waals surface area contributed by atoms with Gasteiger partial charge in [0.2, 0.25) is 6.10 Å². The molecule has 0 aliphatic heterocycles. The number of esters is 1. The predicted molar refractivity (Wildman–Crippen MR) is 131 cm³/mol. The Morgan fingerprint density at radius 3 is 2.53 bits per heavy atom. The lowest BCUT2D eigenvalue weighted by Crippen LogP contribution is -2.26. The first-order valence-corrected chi connectivity index (χ1v) is 11.3. The fraction of sp³-hybridized carbons (Fsp3) is 0.200. The Morgan fingerprint density at radius 1 is 1.09 bits per heavy atom. The van der Waals surface area contributed by atoms with E-state index >= 15 is 0 Å². The largest absolute Gasteiger partial charge is 0.495 e. The van der Waals surface area contributed by atoms with Crippen LogP contribution in [0.2, 0.25) is 0 Å². The molecule has 8 nitrogen and oxygen atoms in total. The summed E-state index contributed by atoms with van der Waals surface area (Å²) >= 11 is 1.06. The van der Waals surface area contributed by atoms with Crippen LogP contribution in [0, 0.1) is 20.8 Å². The summed E-state index contributed by atoms with van der Waals surface area (Å²) in [6.07, 6.45) is -1.23. The van der Waals surface area contributed by atoms with Crippen molar-refractivity contribution >= 4 is 39.1 Å². The van der Waals surface area contributed by atoms with Gasteiger partial charge in [-0.25, -0.2) is 9.78 Å². The van der Waals surface area contributed by atoms with Gasteiger partial charge in [-0.15, -0.1) is 11.3 Å². The number of aromatic amines is 1. The second-order valence-electron chi connectivity index (χ2n) is 7.78. The molecule has 4 rings (SSSR count). The number of thiophene rings is 1. The van der Waals surface area contributed by atoms with Gasteiger partial charge in [-0.3, -0.25) is 9.59 Å². The molecule has 0 fully saturated rings. The van der Waals surface area contributed by atoms with Crippen LogP contribution in [-0.2, 0) is 9.53 Å². The average molecular weight is 478 g/mol. The smallest absolute Gasteiger partial charge is 0.349 e. The average Bonchev–Trinajstić information content (AvgIpc) is 3.14. The maximum absolute atomic E-state index is 13.3. The van der Waals surface area contributed by atoms with Crippen molar-refractivity contribution < 1.29 is 19.1 Å². The van der Waals surface area contributed by atoms with Crippen LogP contribution in [-0.4, -0.2) is 29.0 Å². The van der Waals surface area contributed by atoms with Crippen molar-refractivity contribution in [3.8, 4) is 5.75 Å². The van der Waals surface area contributed by atoms with Crippen LogP contribution in [0.3, 0.4) is 0 Å².